The van der Waals surface area contributed by atoms with Gasteiger partial charge >= 0.3 is 0 Å². The molecule has 22 heavy (non-hydrogen) atoms. The van der Waals surface area contributed by atoms with E-state index in [0.29, 0.717) is 6.04 Å². The molecule has 0 bridgehead atoms. The number of nitrogens with zero attached hydrogens (tertiary/aromatic N) is 1. The van der Waals surface area contributed by atoms with Crippen LogP contribution in [-0.4, -0.2) is 11.0 Å². The molecular formula is C20H16N2. The summed E-state index contributed by atoms with van der Waals surface area (Å²) in [4.78, 5) is 4.89. The van der Waals surface area contributed by atoms with E-state index in [1.165, 1.54) is 33.5 Å². The first-order chi connectivity index (χ1) is 10.9. The van der Waals surface area contributed by atoms with Crippen molar-refractivity contribution in [3.63, 3.8) is 0 Å². The molecule has 0 saturated heterocycles. The molecule has 2 heterocycles. The van der Waals surface area contributed by atoms with E-state index < -0.39 is 0 Å². The van der Waals surface area contributed by atoms with Gasteiger partial charge in [0.05, 0.1) is 11.6 Å². The summed E-state index contributed by atoms with van der Waals surface area (Å²) in [7, 11) is 0. The SMILES string of the molecule is C1=C2Cc3nc4ccccc4cc3CC2Nc2ccccc21. The third-order valence-electron chi connectivity index (χ3n) is 4.77. The van der Waals surface area contributed by atoms with Gasteiger partial charge in [-0.3, -0.25) is 4.98 Å². The second-order valence-electron chi connectivity index (χ2n) is 6.17. The lowest BCUT2D eigenvalue weighted by Crippen LogP contribution is -2.32. The standard InChI is InChI=1S/C20H16N2/c1-3-7-17-13(5-1)9-15-11-20-16(12-19(15)21-17)10-14-6-2-4-8-18(14)22-20/h1-10,19,21H,11-12H2. The number of para-hydroxylation sites is 2. The highest BCUT2D eigenvalue weighted by atomic mass is 14.9. The summed E-state index contributed by atoms with van der Waals surface area (Å²) in [6, 6.07) is 19.6. The van der Waals surface area contributed by atoms with Crippen molar-refractivity contribution in [3.8, 4) is 0 Å². The van der Waals surface area contributed by atoms with E-state index in [2.05, 4.69) is 66.0 Å². The fourth-order valence-electron chi connectivity index (χ4n) is 3.63. The minimum absolute atomic E-state index is 0.408. The number of pyridine rings is 1. The quantitative estimate of drug-likeness (QED) is 0.669. The first-order valence-corrected chi connectivity index (χ1v) is 7.80. The third-order valence-corrected chi connectivity index (χ3v) is 4.77. The summed E-state index contributed by atoms with van der Waals surface area (Å²) in [5.74, 6) is 0. The van der Waals surface area contributed by atoms with Crippen molar-refractivity contribution in [2.75, 3.05) is 5.32 Å². The van der Waals surface area contributed by atoms with Crippen LogP contribution in [-0.2, 0) is 12.8 Å². The van der Waals surface area contributed by atoms with Crippen LogP contribution in [0.5, 0.6) is 0 Å². The van der Waals surface area contributed by atoms with E-state index in [0.717, 1.165) is 18.4 Å². The molecule has 3 aromatic rings. The van der Waals surface area contributed by atoms with Crippen LogP contribution in [0.25, 0.3) is 17.0 Å². The molecule has 0 fully saturated rings. The molecule has 1 unspecified atom stereocenters. The molecule has 0 saturated carbocycles. The summed E-state index contributed by atoms with van der Waals surface area (Å²) in [6.07, 6.45) is 4.32. The predicted molar refractivity (Wildman–Crippen MR) is 91.0 cm³/mol. The highest BCUT2D eigenvalue weighted by molar-refractivity contribution is 5.80. The minimum Gasteiger partial charge on any atom is -0.378 e. The van der Waals surface area contributed by atoms with Gasteiger partial charge in [-0.25, -0.2) is 0 Å². The second kappa shape index (κ2) is 4.44. The fourth-order valence-corrected chi connectivity index (χ4v) is 3.63. The van der Waals surface area contributed by atoms with E-state index in [1.807, 2.05) is 0 Å². The van der Waals surface area contributed by atoms with Crippen molar-refractivity contribution in [2.24, 2.45) is 0 Å². The molecule has 2 aromatic carbocycles. The van der Waals surface area contributed by atoms with Gasteiger partial charge in [0.15, 0.2) is 0 Å². The molecular weight excluding hydrogens is 268 g/mol. The maximum atomic E-state index is 4.89. The van der Waals surface area contributed by atoms with Crippen molar-refractivity contribution in [1.29, 1.82) is 0 Å². The number of rotatable bonds is 0. The smallest absolute Gasteiger partial charge is 0.0705 e. The van der Waals surface area contributed by atoms with Crippen molar-refractivity contribution in [2.45, 2.75) is 18.9 Å². The molecule has 1 aromatic heterocycles. The van der Waals surface area contributed by atoms with Crippen molar-refractivity contribution >= 4 is 22.7 Å². The molecule has 1 aliphatic heterocycles. The number of nitrogens with one attached hydrogen (secondary N) is 1. The Labute approximate surface area is 129 Å². The summed E-state index contributed by atoms with van der Waals surface area (Å²) in [5.41, 5.74) is 7.71. The van der Waals surface area contributed by atoms with Gasteiger partial charge in [0.2, 0.25) is 0 Å². The summed E-state index contributed by atoms with van der Waals surface area (Å²) >= 11 is 0. The van der Waals surface area contributed by atoms with Crippen LogP contribution in [0.3, 0.4) is 0 Å². The zero-order valence-electron chi connectivity index (χ0n) is 12.2. The second-order valence-corrected chi connectivity index (χ2v) is 6.17. The normalized spacial score (nSPS) is 18.7. The monoisotopic (exact) mass is 284 g/mol. The summed E-state index contributed by atoms with van der Waals surface area (Å²) in [5, 5.41) is 4.93. The Bertz CT molecular complexity index is 924. The van der Waals surface area contributed by atoms with E-state index in [9.17, 15) is 0 Å². The third kappa shape index (κ3) is 1.77. The Morgan fingerprint density at radius 1 is 1.00 bits per heavy atom. The maximum Gasteiger partial charge on any atom is 0.0705 e. The molecule has 2 nitrogen and oxygen atoms in total. The van der Waals surface area contributed by atoms with E-state index >= 15 is 0 Å². The van der Waals surface area contributed by atoms with E-state index in [4.69, 9.17) is 4.98 Å². The van der Waals surface area contributed by atoms with E-state index in [1.54, 1.807) is 0 Å². The summed E-state index contributed by atoms with van der Waals surface area (Å²) < 4.78 is 0. The van der Waals surface area contributed by atoms with Gasteiger partial charge < -0.3 is 5.32 Å². The predicted octanol–water partition coefficient (Wildman–Crippen LogP) is 4.21. The topological polar surface area (TPSA) is 24.9 Å². The minimum atomic E-state index is 0.408. The van der Waals surface area contributed by atoms with Crippen LogP contribution in [0, 0.1) is 0 Å². The van der Waals surface area contributed by atoms with Gasteiger partial charge in [-0.15, -0.1) is 0 Å². The molecule has 1 atom stereocenters. The van der Waals surface area contributed by atoms with Crippen molar-refractivity contribution in [3.05, 3.63) is 77.0 Å². The number of hydrogen-bond donors (Lipinski definition) is 1. The van der Waals surface area contributed by atoms with Crippen molar-refractivity contribution < 1.29 is 0 Å². The molecule has 2 heteroatoms. The van der Waals surface area contributed by atoms with Crippen LogP contribution < -0.4 is 5.32 Å². The molecule has 2 aliphatic rings. The highest BCUT2D eigenvalue weighted by Gasteiger charge is 2.27. The average molecular weight is 284 g/mol. The number of benzene rings is 2. The zero-order valence-corrected chi connectivity index (χ0v) is 12.2. The molecule has 0 radical (unpaired) electrons. The Morgan fingerprint density at radius 2 is 1.86 bits per heavy atom. The van der Waals surface area contributed by atoms with Crippen LogP contribution >= 0.6 is 0 Å². The van der Waals surface area contributed by atoms with Crippen LogP contribution in [0.2, 0.25) is 0 Å². The highest BCUT2D eigenvalue weighted by Crippen LogP contribution is 2.34. The Hall–Kier alpha value is -2.61. The Morgan fingerprint density at radius 3 is 2.86 bits per heavy atom. The number of anilines is 1. The maximum absolute atomic E-state index is 4.89. The molecule has 0 amide bonds. The molecule has 106 valence electrons. The molecule has 5 rings (SSSR count). The van der Waals surface area contributed by atoms with Gasteiger partial charge in [0, 0.05) is 23.2 Å². The lowest BCUT2D eigenvalue weighted by atomic mass is 9.83. The van der Waals surface area contributed by atoms with E-state index in [-0.39, 0.29) is 0 Å². The van der Waals surface area contributed by atoms with Crippen LogP contribution in [0.4, 0.5) is 5.69 Å². The van der Waals surface area contributed by atoms with Crippen LogP contribution in [0.15, 0.2) is 60.2 Å². The molecule has 1 aliphatic carbocycles. The lowest BCUT2D eigenvalue weighted by Gasteiger charge is -2.33. The van der Waals surface area contributed by atoms with Gasteiger partial charge in [0.25, 0.3) is 0 Å². The molecule has 0 spiro atoms. The lowest BCUT2D eigenvalue weighted by molar-refractivity contribution is 0.732. The van der Waals surface area contributed by atoms with Crippen LogP contribution in [0.1, 0.15) is 16.8 Å². The largest absolute Gasteiger partial charge is 0.378 e. The summed E-state index contributed by atoms with van der Waals surface area (Å²) in [6.45, 7) is 0. The molecule has 1 N–H and O–H groups in total. The Balaban J connectivity index is 1.63. The number of hydrogen-bond acceptors (Lipinski definition) is 2. The fraction of sp³-hybridized carbons (Fsp3) is 0.150. The zero-order chi connectivity index (χ0) is 14.5. The van der Waals surface area contributed by atoms with Gasteiger partial charge in [-0.1, -0.05) is 42.5 Å². The van der Waals surface area contributed by atoms with Gasteiger partial charge in [-0.2, -0.15) is 0 Å². The van der Waals surface area contributed by atoms with Gasteiger partial charge in [-0.05, 0) is 41.3 Å². The van der Waals surface area contributed by atoms with Gasteiger partial charge in [0.1, 0.15) is 0 Å². The Kier molecular flexibility index (Phi) is 2.42. The first-order valence-electron chi connectivity index (χ1n) is 7.80. The first kappa shape index (κ1) is 12.0. The number of aromatic nitrogens is 1. The average Bonchev–Trinajstić information content (AvgIpc) is 2.56. The number of fused-ring (bicyclic) bond motifs is 4. The van der Waals surface area contributed by atoms with Crippen molar-refractivity contribution in [1.82, 2.24) is 4.98 Å².